The fourth-order valence-corrected chi connectivity index (χ4v) is 2.44. The monoisotopic (exact) mass is 270 g/mol. The molecule has 2 N–H and O–H groups in total. The van der Waals surface area contributed by atoms with Gasteiger partial charge in [0.2, 0.25) is 0 Å². The summed E-state index contributed by atoms with van der Waals surface area (Å²) in [4.78, 5) is 12.5. The number of aromatic hydroxyl groups is 2. The number of Topliss-reactive ketones (excluding diaryl/α,β-unsaturated/α-hetero) is 1. The van der Waals surface area contributed by atoms with E-state index in [9.17, 15) is 15.0 Å². The van der Waals surface area contributed by atoms with E-state index in [1.165, 1.54) is 12.1 Å². The highest BCUT2D eigenvalue weighted by molar-refractivity contribution is 6.04. The van der Waals surface area contributed by atoms with E-state index < -0.39 is 0 Å². The third kappa shape index (κ3) is 1.99. The average Bonchev–Trinajstić information content (AvgIpc) is 2.41. The van der Waals surface area contributed by atoms with Gasteiger partial charge in [0.1, 0.15) is 12.4 Å². The molecule has 1 aliphatic heterocycles. The highest BCUT2D eigenvalue weighted by Crippen LogP contribution is 2.39. The van der Waals surface area contributed by atoms with Gasteiger partial charge in [-0.3, -0.25) is 4.79 Å². The van der Waals surface area contributed by atoms with Crippen LogP contribution in [0.25, 0.3) is 0 Å². The van der Waals surface area contributed by atoms with Gasteiger partial charge in [0.15, 0.2) is 17.3 Å². The van der Waals surface area contributed by atoms with E-state index in [1.54, 1.807) is 0 Å². The molecule has 20 heavy (non-hydrogen) atoms. The zero-order chi connectivity index (χ0) is 14.3. The number of aryl methyl sites for hydroxylation is 1. The lowest BCUT2D eigenvalue weighted by Crippen LogP contribution is -2.26. The molecule has 102 valence electrons. The molecule has 0 aromatic heterocycles. The quantitative estimate of drug-likeness (QED) is 0.782. The van der Waals surface area contributed by atoms with E-state index >= 15 is 0 Å². The zero-order valence-corrected chi connectivity index (χ0v) is 11.0. The van der Waals surface area contributed by atoms with Crippen LogP contribution >= 0.6 is 0 Å². The molecule has 0 fully saturated rings. The Morgan fingerprint density at radius 2 is 1.90 bits per heavy atom. The van der Waals surface area contributed by atoms with Crippen LogP contribution in [-0.2, 0) is 0 Å². The number of ether oxygens (including phenoxy) is 1. The van der Waals surface area contributed by atoms with Crippen molar-refractivity contribution in [1.29, 1.82) is 0 Å². The van der Waals surface area contributed by atoms with E-state index in [-0.39, 0.29) is 29.8 Å². The van der Waals surface area contributed by atoms with Crippen molar-refractivity contribution in [2.45, 2.75) is 12.8 Å². The number of hydrogen-bond donors (Lipinski definition) is 2. The van der Waals surface area contributed by atoms with Crippen molar-refractivity contribution >= 4 is 5.78 Å². The SMILES string of the molecule is Cc1cccc(C2COc3cc(O)c(O)cc3C2=O)c1. The standard InChI is InChI=1S/C16H14O4/c1-9-3-2-4-10(5-9)12-8-20-15-7-14(18)13(17)6-11(15)16(12)19/h2-7,12,17-18H,8H2,1H3. The van der Waals surface area contributed by atoms with Crippen molar-refractivity contribution in [2.24, 2.45) is 0 Å². The summed E-state index contributed by atoms with van der Waals surface area (Å²) < 4.78 is 5.54. The minimum atomic E-state index is -0.383. The molecule has 1 unspecified atom stereocenters. The Labute approximate surface area is 116 Å². The fraction of sp³-hybridized carbons (Fsp3) is 0.188. The van der Waals surface area contributed by atoms with Gasteiger partial charge in [-0.25, -0.2) is 0 Å². The molecular formula is C16H14O4. The smallest absolute Gasteiger partial charge is 0.177 e. The number of carbonyl (C=O) groups is 1. The molecule has 0 saturated heterocycles. The van der Waals surface area contributed by atoms with Gasteiger partial charge in [-0.15, -0.1) is 0 Å². The minimum absolute atomic E-state index is 0.104. The minimum Gasteiger partial charge on any atom is -0.504 e. The van der Waals surface area contributed by atoms with Gasteiger partial charge < -0.3 is 14.9 Å². The van der Waals surface area contributed by atoms with Gasteiger partial charge in [0, 0.05) is 6.07 Å². The Morgan fingerprint density at radius 3 is 2.65 bits per heavy atom. The maximum absolute atomic E-state index is 12.5. The third-order valence-electron chi connectivity index (χ3n) is 3.51. The number of fused-ring (bicyclic) bond motifs is 1. The molecule has 0 amide bonds. The number of rotatable bonds is 1. The molecule has 1 atom stereocenters. The van der Waals surface area contributed by atoms with E-state index in [0.29, 0.717) is 11.3 Å². The second-order valence-electron chi connectivity index (χ2n) is 4.98. The summed E-state index contributed by atoms with van der Waals surface area (Å²) in [5.41, 5.74) is 2.28. The summed E-state index contributed by atoms with van der Waals surface area (Å²) in [6.45, 7) is 2.20. The molecule has 2 aromatic rings. The number of hydrogen-bond acceptors (Lipinski definition) is 4. The molecular weight excluding hydrogens is 256 g/mol. The normalized spacial score (nSPS) is 17.4. The number of phenols is 2. The number of benzene rings is 2. The van der Waals surface area contributed by atoms with Crippen molar-refractivity contribution < 1.29 is 19.7 Å². The number of ketones is 1. The summed E-state index contributed by atoms with van der Waals surface area (Å²) in [6, 6.07) is 10.3. The molecule has 4 nitrogen and oxygen atoms in total. The second kappa shape index (κ2) is 4.56. The van der Waals surface area contributed by atoms with Gasteiger partial charge in [-0.05, 0) is 18.6 Å². The first-order chi connectivity index (χ1) is 9.56. The predicted octanol–water partition coefficient (Wildman–Crippen LogP) is 2.77. The van der Waals surface area contributed by atoms with Crippen molar-refractivity contribution in [3.63, 3.8) is 0 Å². The van der Waals surface area contributed by atoms with Crippen molar-refractivity contribution in [3.8, 4) is 17.2 Å². The highest BCUT2D eigenvalue weighted by atomic mass is 16.5. The van der Waals surface area contributed by atoms with Crippen molar-refractivity contribution in [1.82, 2.24) is 0 Å². The van der Waals surface area contributed by atoms with Gasteiger partial charge >= 0.3 is 0 Å². The molecule has 1 heterocycles. The van der Waals surface area contributed by atoms with Crippen LogP contribution in [0.3, 0.4) is 0 Å². The Balaban J connectivity index is 2.03. The molecule has 1 aliphatic rings. The Morgan fingerprint density at radius 1 is 1.15 bits per heavy atom. The lowest BCUT2D eigenvalue weighted by Gasteiger charge is -2.25. The fourth-order valence-electron chi connectivity index (χ4n) is 2.44. The summed E-state index contributed by atoms with van der Waals surface area (Å²) in [5.74, 6) is -0.774. The molecule has 0 aliphatic carbocycles. The van der Waals surface area contributed by atoms with E-state index in [2.05, 4.69) is 0 Å². The summed E-state index contributed by atoms with van der Waals surface area (Å²) in [6.07, 6.45) is 0. The van der Waals surface area contributed by atoms with E-state index in [0.717, 1.165) is 11.1 Å². The Bertz CT molecular complexity index is 691. The Hall–Kier alpha value is -2.49. The molecule has 0 spiro atoms. The summed E-state index contributed by atoms with van der Waals surface area (Å²) in [7, 11) is 0. The van der Waals surface area contributed by atoms with Crippen LogP contribution in [-0.4, -0.2) is 22.6 Å². The Kier molecular flexibility index (Phi) is 2.86. The van der Waals surface area contributed by atoms with Crippen LogP contribution in [0.4, 0.5) is 0 Å². The maximum Gasteiger partial charge on any atom is 0.177 e. The van der Waals surface area contributed by atoms with E-state index in [1.807, 2.05) is 31.2 Å². The molecule has 0 radical (unpaired) electrons. The lowest BCUT2D eigenvalue weighted by molar-refractivity contribution is 0.0895. The summed E-state index contributed by atoms with van der Waals surface area (Å²) in [5, 5.41) is 19.0. The van der Waals surface area contributed by atoms with Gasteiger partial charge in [-0.2, -0.15) is 0 Å². The molecule has 0 saturated carbocycles. The van der Waals surface area contributed by atoms with Crippen LogP contribution in [0.15, 0.2) is 36.4 Å². The molecule has 0 bridgehead atoms. The highest BCUT2D eigenvalue weighted by Gasteiger charge is 2.31. The maximum atomic E-state index is 12.5. The second-order valence-corrected chi connectivity index (χ2v) is 4.98. The lowest BCUT2D eigenvalue weighted by atomic mass is 9.88. The third-order valence-corrected chi connectivity index (χ3v) is 3.51. The van der Waals surface area contributed by atoms with Gasteiger partial charge in [0.25, 0.3) is 0 Å². The van der Waals surface area contributed by atoms with Crippen LogP contribution in [0.2, 0.25) is 0 Å². The predicted molar refractivity (Wildman–Crippen MR) is 73.5 cm³/mol. The molecule has 2 aromatic carbocycles. The van der Waals surface area contributed by atoms with Crippen LogP contribution in [0.5, 0.6) is 17.2 Å². The topological polar surface area (TPSA) is 66.8 Å². The largest absolute Gasteiger partial charge is 0.504 e. The van der Waals surface area contributed by atoms with Gasteiger partial charge in [-0.1, -0.05) is 29.8 Å². The van der Waals surface area contributed by atoms with Crippen LogP contribution in [0.1, 0.15) is 27.4 Å². The number of carbonyl (C=O) groups excluding carboxylic acids is 1. The first-order valence-electron chi connectivity index (χ1n) is 6.36. The van der Waals surface area contributed by atoms with E-state index in [4.69, 9.17) is 4.74 Å². The molecule has 3 rings (SSSR count). The summed E-state index contributed by atoms with van der Waals surface area (Å²) >= 11 is 0. The zero-order valence-electron chi connectivity index (χ0n) is 11.0. The number of phenolic OH excluding ortho intramolecular Hbond substituents is 2. The van der Waals surface area contributed by atoms with Crippen molar-refractivity contribution in [2.75, 3.05) is 6.61 Å². The average molecular weight is 270 g/mol. The first-order valence-corrected chi connectivity index (χ1v) is 6.36. The molecule has 4 heteroatoms. The van der Waals surface area contributed by atoms with Gasteiger partial charge in [0.05, 0.1) is 11.5 Å². The van der Waals surface area contributed by atoms with Crippen molar-refractivity contribution in [3.05, 3.63) is 53.1 Å². The van der Waals surface area contributed by atoms with Crippen LogP contribution < -0.4 is 4.74 Å². The van der Waals surface area contributed by atoms with Crippen LogP contribution in [0, 0.1) is 6.92 Å². The first kappa shape index (κ1) is 12.5.